The number of rotatable bonds is 22. The molecule has 0 unspecified atom stereocenters. The van der Waals surface area contributed by atoms with Crippen LogP contribution >= 0.6 is 7.26 Å². The van der Waals surface area contributed by atoms with Crippen molar-refractivity contribution in [3.63, 3.8) is 0 Å². The van der Waals surface area contributed by atoms with Crippen molar-refractivity contribution >= 4 is 7.26 Å². The van der Waals surface area contributed by atoms with E-state index in [2.05, 4.69) is 0 Å². The number of alkyl halides is 22. The van der Waals surface area contributed by atoms with Crippen LogP contribution in [0.15, 0.2) is 0 Å². The summed E-state index contributed by atoms with van der Waals surface area (Å²) < 4.78 is 299. The van der Waals surface area contributed by atoms with Gasteiger partial charge in [0, 0.05) is 0 Å². The molecule has 0 spiro atoms. The molecule has 0 atom stereocenters. The number of unbranched alkanes of at least 4 members (excludes halogenated alkanes) is 6. The third kappa shape index (κ3) is 9.66. The Bertz CT molecular complexity index is 933. The molecule has 0 fully saturated rings. The maximum atomic E-state index is 14.6. The summed E-state index contributed by atoms with van der Waals surface area (Å²) in [7, 11) is -4.49. The van der Waals surface area contributed by atoms with Gasteiger partial charge in [-0.1, -0.05) is 0 Å². The molecule has 0 N–H and O–H groups in total. The van der Waals surface area contributed by atoms with Crippen LogP contribution in [0, 0.1) is 0 Å². The summed E-state index contributed by atoms with van der Waals surface area (Å²) in [5.41, 5.74) is 0. The van der Waals surface area contributed by atoms with Gasteiger partial charge in [-0.3, -0.25) is 0 Å². The third-order valence-corrected chi connectivity index (χ3v) is 13.7. The Morgan fingerprint density at radius 2 is 0.571 bits per heavy atom. The van der Waals surface area contributed by atoms with Crippen molar-refractivity contribution in [1.82, 2.24) is 0 Å². The second-order valence-electron chi connectivity index (χ2n) is 12.0. The van der Waals surface area contributed by atoms with Crippen molar-refractivity contribution in [2.24, 2.45) is 0 Å². The van der Waals surface area contributed by atoms with E-state index in [-0.39, 0.29) is 25.7 Å². The van der Waals surface area contributed by atoms with E-state index in [9.17, 15) is 96.6 Å². The van der Waals surface area contributed by atoms with Crippen LogP contribution in [0.5, 0.6) is 0 Å². The van der Waals surface area contributed by atoms with Crippen molar-refractivity contribution in [1.29, 1.82) is 0 Å². The summed E-state index contributed by atoms with van der Waals surface area (Å²) in [5.74, 6) is -59.1. The van der Waals surface area contributed by atoms with E-state index in [4.69, 9.17) is 0 Å². The quantitative estimate of drug-likeness (QED) is 0.0582. The Kier molecular flexibility index (Phi) is 15.5. The molecule has 0 aliphatic rings. The normalized spacial score (nSPS) is 16.0. The molecule has 0 aromatic heterocycles. The third-order valence-electron chi connectivity index (χ3n) is 8.27. The fraction of sp³-hybridized carbons (Fsp3) is 1.00. The zero-order valence-electron chi connectivity index (χ0n) is 25.7. The van der Waals surface area contributed by atoms with Gasteiger partial charge in [-0.05, 0) is 0 Å². The predicted octanol–water partition coefficient (Wildman–Crippen LogP) is 12.9. The molecule has 0 amide bonds. The van der Waals surface area contributed by atoms with Crippen LogP contribution in [0.25, 0.3) is 0 Å². The average molecular weight is 796 g/mol. The first-order valence-corrected chi connectivity index (χ1v) is 17.5. The molecule has 0 saturated heterocycles. The Hall–Kier alpha value is -1.11. The molecule has 298 valence electrons. The summed E-state index contributed by atoms with van der Waals surface area (Å²) in [4.78, 5) is 0. The molecule has 0 nitrogen and oxygen atoms in total. The molecule has 0 saturated carbocycles. The van der Waals surface area contributed by atoms with Crippen LogP contribution in [0.1, 0.15) is 78.1 Å². The van der Waals surface area contributed by atoms with E-state index in [1.807, 2.05) is 0 Å². The molecule has 0 heterocycles. The van der Waals surface area contributed by atoms with Crippen LogP contribution in [0.4, 0.5) is 96.6 Å². The standard InChI is InChI=1S/C26H35F22P/c1-3-5-7-9-13-49(14-10-8-6-4-2,15-11-17(27,28)19(31,32)21(35,36)23(39,40)25(43,44)45)16-12-18(29,30)20(33,34)22(37,38)24(41,42)26(46,47)48/h49H,3-16H2,1-2H3. The second kappa shape index (κ2) is 15.9. The number of hydrogen-bond acceptors (Lipinski definition) is 0. The first-order valence-electron chi connectivity index (χ1n) is 14.7. The molecular formula is C26H35F22P. The van der Waals surface area contributed by atoms with Crippen molar-refractivity contribution in [2.75, 3.05) is 24.6 Å². The van der Waals surface area contributed by atoms with Crippen LogP contribution in [-0.4, -0.2) is 84.4 Å². The zero-order valence-corrected chi connectivity index (χ0v) is 26.7. The first-order chi connectivity index (χ1) is 21.5. The van der Waals surface area contributed by atoms with Crippen molar-refractivity contribution in [3.05, 3.63) is 0 Å². The Labute approximate surface area is 267 Å². The molecular weight excluding hydrogens is 761 g/mol. The summed E-state index contributed by atoms with van der Waals surface area (Å²) in [6.07, 6.45) is -24.0. The summed E-state index contributed by atoms with van der Waals surface area (Å²) in [5, 5.41) is 0. The van der Waals surface area contributed by atoms with Gasteiger partial charge in [-0.15, -0.1) is 0 Å². The SMILES string of the molecule is CCCCCC[PH](CCCCCC)(CCC(F)(F)C(F)(F)C(F)(F)C(F)(F)C(F)(F)F)CCC(F)(F)C(F)(F)C(F)(F)C(F)(F)C(F)(F)F. The Morgan fingerprint density at radius 3 is 0.796 bits per heavy atom. The average Bonchev–Trinajstić information content (AvgIpc) is 2.93. The van der Waals surface area contributed by atoms with Crippen LogP contribution in [-0.2, 0) is 0 Å². The fourth-order valence-corrected chi connectivity index (χ4v) is 10.2. The molecule has 23 heteroatoms. The molecule has 0 rings (SSSR count). The van der Waals surface area contributed by atoms with E-state index in [1.165, 1.54) is 0 Å². The van der Waals surface area contributed by atoms with E-state index in [1.54, 1.807) is 13.8 Å². The minimum atomic E-state index is -7.82. The van der Waals surface area contributed by atoms with Crippen molar-refractivity contribution in [2.45, 2.75) is 138 Å². The van der Waals surface area contributed by atoms with Gasteiger partial charge >= 0.3 is 266 Å². The van der Waals surface area contributed by atoms with E-state index < -0.39 is 104 Å². The second-order valence-corrected chi connectivity index (χ2v) is 17.0. The molecule has 0 radical (unpaired) electrons. The predicted molar refractivity (Wildman–Crippen MR) is 137 cm³/mol. The topological polar surface area (TPSA) is 0 Å². The van der Waals surface area contributed by atoms with Crippen LogP contribution in [0.3, 0.4) is 0 Å². The van der Waals surface area contributed by atoms with Gasteiger partial charge in [0.2, 0.25) is 0 Å². The van der Waals surface area contributed by atoms with Crippen LogP contribution < -0.4 is 0 Å². The Balaban J connectivity index is 6.93. The molecule has 0 aliphatic carbocycles. The maximum absolute atomic E-state index is 14.6. The van der Waals surface area contributed by atoms with Gasteiger partial charge in [0.15, 0.2) is 0 Å². The number of halogens is 22. The monoisotopic (exact) mass is 796 g/mol. The zero-order chi connectivity index (χ0) is 39.4. The molecule has 0 aliphatic heterocycles. The van der Waals surface area contributed by atoms with Gasteiger partial charge in [-0.25, -0.2) is 0 Å². The summed E-state index contributed by atoms with van der Waals surface area (Å²) in [6.45, 7) is 3.18. The van der Waals surface area contributed by atoms with Crippen molar-refractivity contribution < 1.29 is 96.6 Å². The summed E-state index contributed by atoms with van der Waals surface area (Å²) >= 11 is 0. The van der Waals surface area contributed by atoms with E-state index in [0.29, 0.717) is 25.7 Å². The van der Waals surface area contributed by atoms with Gasteiger partial charge in [0.05, 0.1) is 0 Å². The van der Waals surface area contributed by atoms with Gasteiger partial charge < -0.3 is 0 Å². The minimum absolute atomic E-state index is 0.0745. The van der Waals surface area contributed by atoms with Crippen molar-refractivity contribution in [3.8, 4) is 0 Å². The van der Waals surface area contributed by atoms with Crippen LogP contribution in [0.2, 0.25) is 0 Å². The molecule has 49 heavy (non-hydrogen) atoms. The first kappa shape index (κ1) is 47.9. The van der Waals surface area contributed by atoms with Gasteiger partial charge in [0.25, 0.3) is 0 Å². The summed E-state index contributed by atoms with van der Waals surface area (Å²) in [6, 6.07) is 0. The molecule has 0 aromatic carbocycles. The fourth-order valence-electron chi connectivity index (χ4n) is 4.97. The van der Waals surface area contributed by atoms with Gasteiger partial charge in [-0.2, -0.15) is 0 Å². The molecule has 0 aromatic rings. The number of hydrogen-bond donors (Lipinski definition) is 0. The van der Waals surface area contributed by atoms with E-state index >= 15 is 0 Å². The Morgan fingerprint density at radius 1 is 0.306 bits per heavy atom. The van der Waals surface area contributed by atoms with Gasteiger partial charge in [0.1, 0.15) is 0 Å². The molecule has 0 bridgehead atoms. The van der Waals surface area contributed by atoms with E-state index in [0.717, 1.165) is 0 Å².